The average Bonchev–Trinajstić information content (AvgIpc) is 2.95. The van der Waals surface area contributed by atoms with E-state index in [0.29, 0.717) is 23.7 Å². The summed E-state index contributed by atoms with van der Waals surface area (Å²) in [6, 6.07) is 0. The van der Waals surface area contributed by atoms with Crippen molar-refractivity contribution >= 4 is 11.8 Å². The minimum absolute atomic E-state index is 0.0199. The molecule has 0 saturated heterocycles. The van der Waals surface area contributed by atoms with E-state index in [1.165, 1.54) is 19.8 Å². The third kappa shape index (κ3) is 2.81. The van der Waals surface area contributed by atoms with Gasteiger partial charge in [-0.1, -0.05) is 13.8 Å². The molecule has 0 aliphatic heterocycles. The second-order valence-corrected chi connectivity index (χ2v) is 10.5. The van der Waals surface area contributed by atoms with Gasteiger partial charge in [0.25, 0.3) is 0 Å². The van der Waals surface area contributed by atoms with Crippen LogP contribution in [0.2, 0.25) is 0 Å². The molecule has 0 aromatic carbocycles. The molecule has 0 bridgehead atoms. The quantitative estimate of drug-likeness (QED) is 0.736. The standard InChI is InChI=1S/C23H36O4/c1-13(24)18-7-8-19-17-6-5-15-11-16(26)9-10-22(15,3)20(17)12-21(23(18,19)4)27-14(2)25/h15-21,26H,5-12H2,1-4H3/t15-,16-,17+,18-,19+,20+,21+,22-,23-/m0/s1. The van der Waals surface area contributed by atoms with Gasteiger partial charge in [-0.25, -0.2) is 0 Å². The number of ether oxygens (including phenoxy) is 1. The van der Waals surface area contributed by atoms with Crippen LogP contribution in [0.25, 0.3) is 0 Å². The van der Waals surface area contributed by atoms with Crippen molar-refractivity contribution in [2.24, 2.45) is 40.4 Å². The minimum Gasteiger partial charge on any atom is -0.462 e. The second kappa shape index (κ2) is 6.57. The van der Waals surface area contributed by atoms with Crippen LogP contribution in [0.3, 0.4) is 0 Å². The van der Waals surface area contributed by atoms with Crippen molar-refractivity contribution in [3.8, 4) is 0 Å². The molecule has 0 spiro atoms. The molecular formula is C23H36O4. The van der Waals surface area contributed by atoms with Crippen LogP contribution in [-0.2, 0) is 14.3 Å². The van der Waals surface area contributed by atoms with Gasteiger partial charge in [-0.2, -0.15) is 0 Å². The molecule has 0 heterocycles. The van der Waals surface area contributed by atoms with Crippen molar-refractivity contribution in [1.82, 2.24) is 0 Å². The molecule has 9 atom stereocenters. The van der Waals surface area contributed by atoms with Crippen LogP contribution in [0.4, 0.5) is 0 Å². The molecule has 4 saturated carbocycles. The zero-order chi connectivity index (χ0) is 19.6. The summed E-state index contributed by atoms with van der Waals surface area (Å²) in [5.41, 5.74) is 0.0201. The molecule has 0 unspecified atom stereocenters. The number of rotatable bonds is 2. The maximum Gasteiger partial charge on any atom is 0.302 e. The molecule has 152 valence electrons. The summed E-state index contributed by atoms with van der Waals surface area (Å²) in [4.78, 5) is 24.4. The number of carbonyl (C=O) groups excluding carboxylic acids is 2. The van der Waals surface area contributed by atoms with Crippen molar-refractivity contribution in [1.29, 1.82) is 0 Å². The van der Waals surface area contributed by atoms with Crippen LogP contribution in [0.1, 0.15) is 79.1 Å². The van der Waals surface area contributed by atoms with E-state index in [0.717, 1.165) is 38.5 Å². The highest BCUT2D eigenvalue weighted by molar-refractivity contribution is 5.80. The lowest BCUT2D eigenvalue weighted by Gasteiger charge is -2.62. The summed E-state index contributed by atoms with van der Waals surface area (Å²) in [6.45, 7) is 7.89. The highest BCUT2D eigenvalue weighted by Gasteiger charge is 2.65. The fraction of sp³-hybridized carbons (Fsp3) is 0.913. The van der Waals surface area contributed by atoms with E-state index in [4.69, 9.17) is 4.74 Å². The first-order valence-corrected chi connectivity index (χ1v) is 11.0. The second-order valence-electron chi connectivity index (χ2n) is 10.5. The number of hydrogen-bond donors (Lipinski definition) is 1. The predicted molar refractivity (Wildman–Crippen MR) is 103 cm³/mol. The maximum atomic E-state index is 12.5. The van der Waals surface area contributed by atoms with E-state index in [9.17, 15) is 14.7 Å². The Morgan fingerprint density at radius 3 is 2.37 bits per heavy atom. The molecule has 4 aliphatic carbocycles. The van der Waals surface area contributed by atoms with Crippen molar-refractivity contribution in [3.63, 3.8) is 0 Å². The van der Waals surface area contributed by atoms with E-state index < -0.39 is 0 Å². The summed E-state index contributed by atoms with van der Waals surface area (Å²) >= 11 is 0. The Morgan fingerprint density at radius 2 is 1.70 bits per heavy atom. The first-order valence-electron chi connectivity index (χ1n) is 11.0. The summed E-state index contributed by atoms with van der Waals surface area (Å²) in [5, 5.41) is 10.2. The fourth-order valence-electron chi connectivity index (χ4n) is 8.21. The van der Waals surface area contributed by atoms with Crippen molar-refractivity contribution in [3.05, 3.63) is 0 Å². The van der Waals surface area contributed by atoms with E-state index in [1.54, 1.807) is 6.92 Å². The third-order valence-corrected chi connectivity index (χ3v) is 9.51. The lowest BCUT2D eigenvalue weighted by Crippen LogP contribution is -2.59. The average molecular weight is 377 g/mol. The van der Waals surface area contributed by atoms with E-state index in [-0.39, 0.29) is 40.7 Å². The van der Waals surface area contributed by atoms with Crippen LogP contribution in [0.5, 0.6) is 0 Å². The lowest BCUT2D eigenvalue weighted by molar-refractivity contribution is -0.194. The van der Waals surface area contributed by atoms with Gasteiger partial charge >= 0.3 is 5.97 Å². The SMILES string of the molecule is CC(=O)O[C@@H]1C[C@@H]2[C@H](CC[C@H]3C[C@@H](O)CC[C@@]32C)[C@H]2CC[C@@H](C(C)=O)[C@@]21C. The molecule has 4 nitrogen and oxygen atoms in total. The Hall–Kier alpha value is -0.900. The molecule has 4 aliphatic rings. The minimum atomic E-state index is -0.218. The number of Topliss-reactive ketones (excluding diaryl/α,β-unsaturated/α-hetero) is 1. The molecule has 4 rings (SSSR count). The van der Waals surface area contributed by atoms with Gasteiger partial charge in [-0.05, 0) is 87.4 Å². The van der Waals surface area contributed by atoms with Crippen LogP contribution >= 0.6 is 0 Å². The Balaban J connectivity index is 1.71. The van der Waals surface area contributed by atoms with Crippen molar-refractivity contribution in [2.45, 2.75) is 91.3 Å². The Labute approximate surface area is 163 Å². The fourth-order valence-corrected chi connectivity index (χ4v) is 8.21. The maximum absolute atomic E-state index is 12.5. The van der Waals surface area contributed by atoms with Crippen LogP contribution in [0.15, 0.2) is 0 Å². The number of fused-ring (bicyclic) bond motifs is 5. The Morgan fingerprint density at radius 1 is 0.963 bits per heavy atom. The zero-order valence-electron chi connectivity index (χ0n) is 17.4. The summed E-state index contributed by atoms with van der Waals surface area (Å²) in [6.07, 6.45) is 7.92. The molecule has 0 aromatic rings. The molecule has 0 aromatic heterocycles. The molecule has 27 heavy (non-hydrogen) atoms. The predicted octanol–water partition coefficient (Wildman–Crippen LogP) is 4.14. The van der Waals surface area contributed by atoms with Gasteiger partial charge in [0.05, 0.1) is 6.10 Å². The number of carbonyl (C=O) groups is 2. The van der Waals surface area contributed by atoms with E-state index >= 15 is 0 Å². The van der Waals surface area contributed by atoms with Crippen LogP contribution in [-0.4, -0.2) is 29.1 Å². The number of aliphatic hydroxyl groups is 1. The molecule has 0 amide bonds. The highest BCUT2D eigenvalue weighted by Crippen LogP contribution is 2.68. The smallest absolute Gasteiger partial charge is 0.302 e. The topological polar surface area (TPSA) is 63.6 Å². The zero-order valence-corrected chi connectivity index (χ0v) is 17.4. The number of hydrogen-bond acceptors (Lipinski definition) is 4. The normalized spacial score (nSPS) is 51.7. The Kier molecular flexibility index (Phi) is 4.73. The number of esters is 1. The van der Waals surface area contributed by atoms with E-state index in [1.807, 2.05) is 0 Å². The number of aliphatic hydroxyl groups excluding tert-OH is 1. The van der Waals surface area contributed by atoms with Crippen molar-refractivity contribution < 1.29 is 19.4 Å². The first kappa shape index (κ1) is 19.4. The summed E-state index contributed by atoms with van der Waals surface area (Å²) in [7, 11) is 0. The Bertz CT molecular complexity index is 630. The van der Waals surface area contributed by atoms with Gasteiger partial charge in [0.2, 0.25) is 0 Å². The van der Waals surface area contributed by atoms with Crippen molar-refractivity contribution in [2.75, 3.05) is 0 Å². The van der Waals surface area contributed by atoms with Gasteiger partial charge in [-0.3, -0.25) is 9.59 Å². The third-order valence-electron chi connectivity index (χ3n) is 9.51. The van der Waals surface area contributed by atoms with Gasteiger partial charge < -0.3 is 9.84 Å². The summed E-state index contributed by atoms with van der Waals surface area (Å²) < 4.78 is 5.94. The largest absolute Gasteiger partial charge is 0.462 e. The molecular weight excluding hydrogens is 340 g/mol. The van der Waals surface area contributed by atoms with Crippen LogP contribution < -0.4 is 0 Å². The highest BCUT2D eigenvalue weighted by atomic mass is 16.5. The molecule has 1 N–H and O–H groups in total. The molecule has 0 radical (unpaired) electrons. The first-order chi connectivity index (χ1) is 12.7. The molecule has 4 fully saturated rings. The van der Waals surface area contributed by atoms with Gasteiger partial charge in [0.15, 0.2) is 0 Å². The van der Waals surface area contributed by atoms with Gasteiger partial charge in [0, 0.05) is 18.3 Å². The van der Waals surface area contributed by atoms with Gasteiger partial charge in [-0.15, -0.1) is 0 Å². The number of ketones is 1. The lowest BCUT2D eigenvalue weighted by atomic mass is 9.44. The van der Waals surface area contributed by atoms with Gasteiger partial charge in [0.1, 0.15) is 11.9 Å². The monoisotopic (exact) mass is 376 g/mol. The molecule has 4 heteroatoms. The van der Waals surface area contributed by atoms with E-state index in [2.05, 4.69) is 13.8 Å². The summed E-state index contributed by atoms with van der Waals surface area (Å²) in [5.74, 6) is 2.28. The van der Waals surface area contributed by atoms with Crippen LogP contribution in [0, 0.1) is 40.4 Å².